The molecule has 0 bridgehead atoms. The molecule has 1 saturated heterocycles. The summed E-state index contributed by atoms with van der Waals surface area (Å²) in [6.45, 7) is 1.66. The van der Waals surface area contributed by atoms with E-state index in [9.17, 15) is 35.5 Å². The normalized spacial score (nSPS) is 22.7. The first-order valence-corrected chi connectivity index (χ1v) is 10.1. The summed E-state index contributed by atoms with van der Waals surface area (Å²) in [6, 6.07) is 8.21. The van der Waals surface area contributed by atoms with Gasteiger partial charge in [-0.1, -0.05) is 18.2 Å². The van der Waals surface area contributed by atoms with Crippen molar-refractivity contribution >= 4 is 5.91 Å². The highest BCUT2D eigenvalue weighted by Gasteiger charge is 2.59. The van der Waals surface area contributed by atoms with E-state index in [1.807, 2.05) is 0 Å². The van der Waals surface area contributed by atoms with E-state index in [1.54, 1.807) is 12.1 Å². The lowest BCUT2D eigenvalue weighted by molar-refractivity contribution is -0.274. The maximum atomic E-state index is 13.4. The average molecular weight is 476 g/mol. The Balaban J connectivity index is 1.24. The van der Waals surface area contributed by atoms with E-state index in [1.165, 1.54) is 18.2 Å². The molecule has 0 aromatic heterocycles. The Bertz CT molecular complexity index is 1010. The lowest BCUT2D eigenvalue weighted by Crippen LogP contribution is -2.31. The van der Waals surface area contributed by atoms with Gasteiger partial charge in [0.05, 0.1) is 5.56 Å². The Morgan fingerprint density at radius 3 is 2.15 bits per heavy atom. The summed E-state index contributed by atoms with van der Waals surface area (Å²) in [5.41, 5.74) is -0.405. The molecule has 1 amide bonds. The summed E-state index contributed by atoms with van der Waals surface area (Å²) >= 11 is 0. The van der Waals surface area contributed by atoms with Crippen molar-refractivity contribution in [1.29, 1.82) is 0 Å². The number of benzene rings is 2. The van der Waals surface area contributed by atoms with Gasteiger partial charge < -0.3 is 10.1 Å². The maximum Gasteiger partial charge on any atom is 0.573 e. The zero-order valence-electron chi connectivity index (χ0n) is 17.0. The molecule has 11 heteroatoms. The van der Waals surface area contributed by atoms with Crippen molar-refractivity contribution < 1.29 is 40.3 Å². The van der Waals surface area contributed by atoms with Crippen LogP contribution < -0.4 is 10.1 Å². The zero-order chi connectivity index (χ0) is 24.0. The molecule has 2 fully saturated rings. The van der Waals surface area contributed by atoms with Crippen LogP contribution in [0.3, 0.4) is 0 Å². The van der Waals surface area contributed by atoms with Crippen molar-refractivity contribution in [2.24, 2.45) is 17.8 Å². The number of carbonyl (C=O) groups is 1. The summed E-state index contributed by atoms with van der Waals surface area (Å²) in [6.07, 6.45) is -9.56. The number of halogens is 7. The number of piperidine rings is 1. The molecule has 2 aromatic rings. The first-order valence-electron chi connectivity index (χ1n) is 10.1. The maximum absolute atomic E-state index is 13.4. The largest absolute Gasteiger partial charge is 0.573 e. The van der Waals surface area contributed by atoms with Crippen molar-refractivity contribution in [2.75, 3.05) is 13.1 Å². The van der Waals surface area contributed by atoms with E-state index in [4.69, 9.17) is 0 Å². The number of fused-ring (bicyclic) bond motifs is 1. The van der Waals surface area contributed by atoms with Crippen LogP contribution in [0.2, 0.25) is 0 Å². The molecule has 1 aliphatic carbocycles. The number of likely N-dealkylation sites (tertiary alicyclic amines) is 1. The molecule has 4 nitrogen and oxygen atoms in total. The van der Waals surface area contributed by atoms with Crippen molar-refractivity contribution in [3.63, 3.8) is 0 Å². The van der Waals surface area contributed by atoms with Crippen LogP contribution in [-0.2, 0) is 24.1 Å². The van der Waals surface area contributed by atoms with E-state index >= 15 is 0 Å². The smallest absolute Gasteiger partial charge is 0.406 e. The van der Waals surface area contributed by atoms with Crippen LogP contribution in [0.25, 0.3) is 0 Å². The summed E-state index contributed by atoms with van der Waals surface area (Å²) in [5, 5.41) is 2.62. The van der Waals surface area contributed by atoms with Crippen LogP contribution in [0.15, 0.2) is 42.5 Å². The van der Waals surface area contributed by atoms with Crippen molar-refractivity contribution in [3.05, 3.63) is 65.0 Å². The van der Waals surface area contributed by atoms with Gasteiger partial charge in [0, 0.05) is 32.1 Å². The van der Waals surface area contributed by atoms with Gasteiger partial charge >= 0.3 is 12.5 Å². The van der Waals surface area contributed by atoms with Gasteiger partial charge in [-0.3, -0.25) is 9.69 Å². The fourth-order valence-electron chi connectivity index (χ4n) is 4.39. The van der Waals surface area contributed by atoms with Crippen LogP contribution in [0.5, 0.6) is 5.75 Å². The highest BCUT2D eigenvalue weighted by molar-refractivity contribution is 5.82. The number of amides is 1. The summed E-state index contributed by atoms with van der Waals surface area (Å²) in [4.78, 5) is 14.5. The second kappa shape index (κ2) is 8.51. The molecule has 0 radical (unpaired) electrons. The van der Waals surface area contributed by atoms with E-state index in [0.29, 0.717) is 25.7 Å². The summed E-state index contributed by atoms with van der Waals surface area (Å²) < 4.78 is 92.3. The molecule has 2 atom stereocenters. The molecule has 1 aliphatic heterocycles. The van der Waals surface area contributed by atoms with E-state index < -0.39 is 23.9 Å². The summed E-state index contributed by atoms with van der Waals surface area (Å²) in [7, 11) is 0. The van der Waals surface area contributed by atoms with Gasteiger partial charge in [0.1, 0.15) is 11.6 Å². The Morgan fingerprint density at radius 1 is 0.970 bits per heavy atom. The molecule has 178 valence electrons. The SMILES string of the molecule is O=C(NCc1ccc(F)c(C(F)(F)F)c1)C1C2CN(Cc3ccc(OC(F)(F)F)cc3)CC21. The first-order chi connectivity index (χ1) is 15.4. The fraction of sp³-hybridized carbons (Fsp3) is 0.409. The topological polar surface area (TPSA) is 41.6 Å². The fourth-order valence-corrected chi connectivity index (χ4v) is 4.39. The second-order valence-electron chi connectivity index (χ2n) is 8.27. The number of hydrogen-bond donors (Lipinski definition) is 1. The lowest BCUT2D eigenvalue weighted by atomic mass is 10.1. The van der Waals surface area contributed by atoms with Gasteiger partial charge in [-0.25, -0.2) is 4.39 Å². The Labute approximate surface area is 184 Å². The van der Waals surface area contributed by atoms with Gasteiger partial charge in [0.2, 0.25) is 5.91 Å². The van der Waals surface area contributed by atoms with Crippen molar-refractivity contribution in [2.45, 2.75) is 25.6 Å². The molecule has 1 N–H and O–H groups in total. The predicted octanol–water partition coefficient (Wildman–Crippen LogP) is 4.74. The molecule has 2 unspecified atom stereocenters. The van der Waals surface area contributed by atoms with E-state index in [-0.39, 0.29) is 41.5 Å². The van der Waals surface area contributed by atoms with Crippen LogP contribution >= 0.6 is 0 Å². The minimum absolute atomic E-state index is 0.122. The average Bonchev–Trinajstić information content (AvgIpc) is 3.22. The molecular weight excluding hydrogens is 457 g/mol. The molecule has 1 saturated carbocycles. The lowest BCUT2D eigenvalue weighted by Gasteiger charge is -2.19. The minimum Gasteiger partial charge on any atom is -0.406 e. The van der Waals surface area contributed by atoms with Crippen molar-refractivity contribution in [3.8, 4) is 5.75 Å². The molecule has 4 rings (SSSR count). The van der Waals surface area contributed by atoms with Crippen molar-refractivity contribution in [1.82, 2.24) is 10.2 Å². The zero-order valence-corrected chi connectivity index (χ0v) is 17.0. The highest BCUT2D eigenvalue weighted by atomic mass is 19.4. The number of ether oxygens (including phenoxy) is 1. The van der Waals surface area contributed by atoms with Gasteiger partial charge in [-0.15, -0.1) is 13.2 Å². The number of nitrogens with zero attached hydrogens (tertiary/aromatic N) is 1. The Hall–Kier alpha value is -2.82. The number of rotatable bonds is 6. The third kappa shape index (κ3) is 5.58. The number of nitrogens with one attached hydrogen (secondary N) is 1. The number of hydrogen-bond acceptors (Lipinski definition) is 3. The van der Waals surface area contributed by atoms with E-state index in [2.05, 4.69) is 15.0 Å². The monoisotopic (exact) mass is 476 g/mol. The molecule has 1 heterocycles. The second-order valence-corrected chi connectivity index (χ2v) is 8.27. The standard InChI is InChI=1S/C22H19F7N2O2/c23-18-6-3-13(7-17(18)21(24,25)26)8-30-20(32)19-15-10-31(11-16(15)19)9-12-1-4-14(5-2-12)33-22(27,28)29/h1-7,15-16,19H,8-11H2,(H,30,32). The van der Waals surface area contributed by atoms with Crippen LogP contribution in [0, 0.1) is 23.6 Å². The third-order valence-corrected chi connectivity index (χ3v) is 5.94. The Kier molecular flexibility index (Phi) is 6.02. The van der Waals surface area contributed by atoms with Gasteiger partial charge in [-0.05, 0) is 47.2 Å². The van der Waals surface area contributed by atoms with Crippen LogP contribution in [-0.4, -0.2) is 30.3 Å². The Morgan fingerprint density at radius 2 is 1.58 bits per heavy atom. The minimum atomic E-state index is -4.81. The highest BCUT2D eigenvalue weighted by Crippen LogP contribution is 2.52. The molecule has 33 heavy (non-hydrogen) atoms. The van der Waals surface area contributed by atoms with Crippen LogP contribution in [0.1, 0.15) is 16.7 Å². The van der Waals surface area contributed by atoms with Gasteiger partial charge in [-0.2, -0.15) is 13.2 Å². The molecule has 2 aromatic carbocycles. The number of alkyl halides is 6. The van der Waals surface area contributed by atoms with Gasteiger partial charge in [0.25, 0.3) is 0 Å². The summed E-state index contributed by atoms with van der Waals surface area (Å²) in [5.74, 6) is -1.90. The molecular formula is C22H19F7N2O2. The number of carbonyl (C=O) groups excluding carboxylic acids is 1. The molecule has 2 aliphatic rings. The first kappa shape index (κ1) is 23.3. The quantitative estimate of drug-likeness (QED) is 0.613. The molecule has 0 spiro atoms. The predicted molar refractivity (Wildman–Crippen MR) is 102 cm³/mol. The van der Waals surface area contributed by atoms with Gasteiger partial charge in [0.15, 0.2) is 0 Å². The third-order valence-electron chi connectivity index (χ3n) is 5.94. The van der Waals surface area contributed by atoms with E-state index in [0.717, 1.165) is 11.6 Å². The van der Waals surface area contributed by atoms with Crippen LogP contribution in [0.4, 0.5) is 30.7 Å².